The molecule has 1 fully saturated rings. The van der Waals surface area contributed by atoms with Crippen molar-refractivity contribution in [3.05, 3.63) is 42.2 Å². The van der Waals surface area contributed by atoms with Gasteiger partial charge in [-0.3, -0.25) is 4.21 Å². The Morgan fingerprint density at radius 2 is 2.10 bits per heavy atom. The molecule has 2 nitrogen and oxygen atoms in total. The number of allylic oxidation sites excluding steroid dienone is 1. The monoisotopic (exact) mass is 292 g/mol. The van der Waals surface area contributed by atoms with Gasteiger partial charge in [-0.2, -0.15) is 0 Å². The van der Waals surface area contributed by atoms with Crippen LogP contribution in [0.3, 0.4) is 0 Å². The molecule has 0 aliphatic carbocycles. The molecule has 110 valence electrons. The van der Waals surface area contributed by atoms with E-state index < -0.39 is 10.8 Å². The van der Waals surface area contributed by atoms with Crippen molar-refractivity contribution in [1.82, 2.24) is 0 Å². The zero-order chi connectivity index (χ0) is 14.4. The lowest BCUT2D eigenvalue weighted by atomic mass is 9.98. The van der Waals surface area contributed by atoms with Crippen LogP contribution in [0.1, 0.15) is 45.1 Å². The van der Waals surface area contributed by atoms with E-state index in [1.807, 2.05) is 31.4 Å². The molecule has 1 aromatic rings. The van der Waals surface area contributed by atoms with Crippen molar-refractivity contribution in [3.63, 3.8) is 0 Å². The van der Waals surface area contributed by atoms with Gasteiger partial charge in [0.2, 0.25) is 0 Å². The van der Waals surface area contributed by atoms with Crippen molar-refractivity contribution in [1.29, 1.82) is 0 Å². The van der Waals surface area contributed by atoms with Gasteiger partial charge in [-0.1, -0.05) is 43.7 Å². The van der Waals surface area contributed by atoms with Crippen LogP contribution < -0.4 is 0 Å². The molecule has 0 N–H and O–H groups in total. The summed E-state index contributed by atoms with van der Waals surface area (Å²) in [6.45, 7) is 4.74. The van der Waals surface area contributed by atoms with Crippen LogP contribution >= 0.6 is 0 Å². The largest absolute Gasteiger partial charge is 0.499 e. The van der Waals surface area contributed by atoms with Gasteiger partial charge in [0.05, 0.1) is 11.0 Å². The lowest BCUT2D eigenvalue weighted by Crippen LogP contribution is -2.42. The highest BCUT2D eigenvalue weighted by Gasteiger charge is 2.37. The second-order valence-corrected chi connectivity index (χ2v) is 7.49. The van der Waals surface area contributed by atoms with Gasteiger partial charge >= 0.3 is 0 Å². The van der Waals surface area contributed by atoms with Gasteiger partial charge in [0, 0.05) is 16.6 Å². The molecule has 1 aliphatic rings. The summed E-state index contributed by atoms with van der Waals surface area (Å²) < 4.78 is 18.0. The van der Waals surface area contributed by atoms with E-state index in [0.717, 1.165) is 30.6 Å². The zero-order valence-electron chi connectivity index (χ0n) is 12.4. The molecule has 20 heavy (non-hydrogen) atoms. The highest BCUT2D eigenvalue weighted by atomic mass is 32.2. The maximum Gasteiger partial charge on any atom is 0.104 e. The number of hydrogen-bond acceptors (Lipinski definition) is 2. The van der Waals surface area contributed by atoms with E-state index in [2.05, 4.69) is 19.1 Å². The molecule has 1 saturated heterocycles. The van der Waals surface area contributed by atoms with Gasteiger partial charge in [0.15, 0.2) is 0 Å². The second kappa shape index (κ2) is 7.07. The minimum atomic E-state index is -0.750. The molecule has 0 radical (unpaired) electrons. The molecule has 0 spiro atoms. The van der Waals surface area contributed by atoms with Crippen molar-refractivity contribution >= 4 is 16.4 Å². The highest BCUT2D eigenvalue weighted by molar-refractivity contribution is 7.86. The van der Waals surface area contributed by atoms with E-state index in [1.54, 1.807) is 0 Å². The van der Waals surface area contributed by atoms with E-state index in [1.165, 1.54) is 12.0 Å². The fraction of sp³-hybridized carbons (Fsp3) is 0.529. The summed E-state index contributed by atoms with van der Waals surface area (Å²) >= 11 is 0. The molecule has 0 aromatic heterocycles. The van der Waals surface area contributed by atoms with E-state index in [4.69, 9.17) is 4.74 Å². The van der Waals surface area contributed by atoms with E-state index in [0.29, 0.717) is 6.61 Å². The minimum Gasteiger partial charge on any atom is -0.499 e. The van der Waals surface area contributed by atoms with Gasteiger partial charge in [-0.05, 0) is 37.3 Å². The van der Waals surface area contributed by atoms with Crippen molar-refractivity contribution < 1.29 is 8.95 Å². The van der Waals surface area contributed by atoms with Crippen molar-refractivity contribution in [2.75, 3.05) is 12.4 Å². The Bertz CT molecular complexity index is 481. The number of hydrogen-bond donors (Lipinski definition) is 0. The summed E-state index contributed by atoms with van der Waals surface area (Å²) in [5.41, 5.74) is 2.28. The third-order valence-electron chi connectivity index (χ3n) is 4.18. The average molecular weight is 292 g/mol. The first-order valence-electron chi connectivity index (χ1n) is 7.40. The maximum atomic E-state index is 12.3. The molecule has 1 aliphatic heterocycles. The summed E-state index contributed by atoms with van der Waals surface area (Å²) in [5.74, 6) is 0.832. The number of rotatable bonds is 5. The Balaban J connectivity index is 1.99. The highest BCUT2D eigenvalue weighted by Crippen LogP contribution is 2.31. The predicted octanol–water partition coefficient (Wildman–Crippen LogP) is 4.15. The average Bonchev–Trinajstić information content (AvgIpc) is 2.50. The summed E-state index contributed by atoms with van der Waals surface area (Å²) in [6.07, 6.45) is 6.03. The Labute approximate surface area is 124 Å². The Hall–Kier alpha value is -1.09. The Morgan fingerprint density at radius 3 is 2.75 bits per heavy atom. The lowest BCUT2D eigenvalue weighted by molar-refractivity contribution is 0.197. The molecule has 1 aromatic carbocycles. The van der Waals surface area contributed by atoms with Gasteiger partial charge in [-0.15, -0.1) is 0 Å². The Kier molecular flexibility index (Phi) is 5.41. The van der Waals surface area contributed by atoms with Gasteiger partial charge < -0.3 is 4.74 Å². The molecule has 0 amide bonds. The van der Waals surface area contributed by atoms with E-state index in [-0.39, 0.29) is 4.75 Å². The van der Waals surface area contributed by atoms with Gasteiger partial charge in [0.25, 0.3) is 0 Å². The fourth-order valence-electron chi connectivity index (χ4n) is 2.68. The maximum absolute atomic E-state index is 12.3. The van der Waals surface area contributed by atoms with Crippen LogP contribution in [0, 0.1) is 0 Å². The summed E-state index contributed by atoms with van der Waals surface area (Å²) in [6, 6.07) is 10.2. The van der Waals surface area contributed by atoms with Gasteiger partial charge in [-0.25, -0.2) is 0 Å². The van der Waals surface area contributed by atoms with Crippen LogP contribution in [0.4, 0.5) is 0 Å². The molecular weight excluding hydrogens is 268 g/mol. The first-order valence-corrected chi connectivity index (χ1v) is 8.72. The third-order valence-corrected chi connectivity index (χ3v) is 6.41. The molecule has 2 atom stereocenters. The van der Waals surface area contributed by atoms with Crippen LogP contribution in [0.5, 0.6) is 0 Å². The first kappa shape index (κ1) is 15.3. The summed E-state index contributed by atoms with van der Waals surface area (Å²) in [4.78, 5) is 0. The third kappa shape index (κ3) is 3.51. The van der Waals surface area contributed by atoms with E-state index >= 15 is 0 Å². The summed E-state index contributed by atoms with van der Waals surface area (Å²) in [7, 11) is -0.750. The van der Waals surface area contributed by atoms with Crippen molar-refractivity contribution in [2.45, 2.75) is 44.3 Å². The van der Waals surface area contributed by atoms with Crippen LogP contribution in [-0.2, 0) is 15.5 Å². The lowest BCUT2D eigenvalue weighted by Gasteiger charge is -2.34. The van der Waals surface area contributed by atoms with Crippen LogP contribution in [0.15, 0.2) is 36.6 Å². The standard InChI is InChI=1S/C17H24O2S/c1-3-17(11-7-8-12-20(17)18)14-19-13-15(2)16-9-5-4-6-10-16/h4-6,9-10,13H,3,7-8,11-12,14H2,1-2H3/b15-13-. The fourth-order valence-corrected chi connectivity index (χ4v) is 4.47. The van der Waals surface area contributed by atoms with Crippen LogP contribution in [0.2, 0.25) is 0 Å². The molecule has 2 rings (SSSR count). The molecule has 1 heterocycles. The number of ether oxygens (including phenoxy) is 1. The predicted molar refractivity (Wildman–Crippen MR) is 85.9 cm³/mol. The SMILES string of the molecule is CCC1(CO/C=C(/C)c2ccccc2)CCCCS1=O. The van der Waals surface area contributed by atoms with Crippen LogP contribution in [-0.4, -0.2) is 21.3 Å². The topological polar surface area (TPSA) is 26.3 Å². The van der Waals surface area contributed by atoms with Gasteiger partial charge in [0.1, 0.15) is 6.61 Å². The van der Waals surface area contributed by atoms with Crippen molar-refractivity contribution in [2.24, 2.45) is 0 Å². The molecule has 3 heteroatoms. The summed E-state index contributed by atoms with van der Waals surface area (Å²) in [5, 5.41) is 0. The van der Waals surface area contributed by atoms with Crippen LogP contribution in [0.25, 0.3) is 5.57 Å². The minimum absolute atomic E-state index is 0.133. The number of benzene rings is 1. The first-order chi connectivity index (χ1) is 9.68. The normalized spacial score (nSPS) is 27.3. The second-order valence-electron chi connectivity index (χ2n) is 5.52. The molecule has 0 bridgehead atoms. The zero-order valence-corrected chi connectivity index (χ0v) is 13.2. The quantitative estimate of drug-likeness (QED) is 0.762. The van der Waals surface area contributed by atoms with Crippen molar-refractivity contribution in [3.8, 4) is 0 Å². The Morgan fingerprint density at radius 1 is 1.35 bits per heavy atom. The molecule has 2 unspecified atom stereocenters. The van der Waals surface area contributed by atoms with E-state index in [9.17, 15) is 4.21 Å². The molecular formula is C17H24O2S. The smallest absolute Gasteiger partial charge is 0.104 e. The molecule has 0 saturated carbocycles.